The third kappa shape index (κ3) is 2.95. The van der Waals surface area contributed by atoms with Crippen molar-refractivity contribution < 1.29 is 18.6 Å². The lowest BCUT2D eigenvalue weighted by Gasteiger charge is -2.16. The summed E-state index contributed by atoms with van der Waals surface area (Å²) in [5.74, 6) is 1.37. The van der Waals surface area contributed by atoms with Crippen LogP contribution in [0.1, 0.15) is 24.0 Å². The van der Waals surface area contributed by atoms with Gasteiger partial charge in [0.25, 0.3) is 0 Å². The monoisotopic (exact) mass is 378 g/mol. The van der Waals surface area contributed by atoms with Gasteiger partial charge < -0.3 is 14.2 Å². The molecule has 2 aliphatic rings. The van der Waals surface area contributed by atoms with Gasteiger partial charge in [0.2, 0.25) is 6.79 Å². The fourth-order valence-electron chi connectivity index (χ4n) is 2.89. The molecule has 2 aromatic carbocycles. The number of hydrogen-bond acceptors (Lipinski definition) is 3. The predicted molar refractivity (Wildman–Crippen MR) is 87.2 cm³/mol. The average molecular weight is 379 g/mol. The minimum Gasteiger partial charge on any atom is -0.454 e. The second-order valence-corrected chi connectivity index (χ2v) is 6.94. The molecular weight excluding hydrogens is 363 g/mol. The molecule has 0 spiro atoms. The van der Waals surface area contributed by atoms with Gasteiger partial charge in [0, 0.05) is 5.41 Å². The zero-order valence-corrected chi connectivity index (χ0v) is 14.1. The van der Waals surface area contributed by atoms with E-state index in [0.29, 0.717) is 24.5 Å². The summed E-state index contributed by atoms with van der Waals surface area (Å²) in [7, 11) is 0. The first-order chi connectivity index (χ1) is 11.2. The molecule has 1 aliphatic carbocycles. The van der Waals surface area contributed by atoms with E-state index in [2.05, 4.69) is 28.1 Å². The van der Waals surface area contributed by atoms with Crippen LogP contribution in [0.5, 0.6) is 11.5 Å². The van der Waals surface area contributed by atoms with Gasteiger partial charge >= 0.3 is 0 Å². The Balaban J connectivity index is 1.41. The molecule has 0 saturated heterocycles. The van der Waals surface area contributed by atoms with Crippen LogP contribution in [0.25, 0.3) is 0 Å². The summed E-state index contributed by atoms with van der Waals surface area (Å²) in [6.07, 6.45) is 2.22. The highest BCUT2D eigenvalue weighted by Crippen LogP contribution is 2.50. The fourth-order valence-corrected chi connectivity index (χ4v) is 3.31. The van der Waals surface area contributed by atoms with Crippen molar-refractivity contribution in [1.82, 2.24) is 0 Å². The van der Waals surface area contributed by atoms with Crippen molar-refractivity contribution in [3.63, 3.8) is 0 Å². The number of halogens is 2. The summed E-state index contributed by atoms with van der Waals surface area (Å²) in [5.41, 5.74) is 2.28. The van der Waals surface area contributed by atoms with E-state index in [1.807, 2.05) is 6.07 Å². The van der Waals surface area contributed by atoms with E-state index in [-0.39, 0.29) is 11.2 Å². The van der Waals surface area contributed by atoms with E-state index in [9.17, 15) is 4.39 Å². The Morgan fingerprint density at radius 1 is 1.09 bits per heavy atom. The Bertz CT molecular complexity index is 743. The normalized spacial score (nSPS) is 17.3. The van der Waals surface area contributed by atoms with Crippen molar-refractivity contribution >= 4 is 15.9 Å². The zero-order chi connectivity index (χ0) is 15.9. The van der Waals surface area contributed by atoms with Crippen LogP contribution in [0.4, 0.5) is 4.39 Å². The number of fused-ring (bicyclic) bond motifs is 1. The molecule has 1 heterocycles. The highest BCUT2D eigenvalue weighted by Gasteiger charge is 2.45. The molecule has 0 amide bonds. The molecule has 1 fully saturated rings. The zero-order valence-electron chi connectivity index (χ0n) is 12.5. The van der Waals surface area contributed by atoms with Gasteiger partial charge in [-0.15, -0.1) is 0 Å². The second-order valence-electron chi connectivity index (χ2n) is 6.09. The molecule has 23 heavy (non-hydrogen) atoms. The first-order valence-electron chi connectivity index (χ1n) is 7.58. The van der Waals surface area contributed by atoms with Crippen LogP contribution in [0, 0.1) is 5.82 Å². The quantitative estimate of drug-likeness (QED) is 0.762. The summed E-state index contributed by atoms with van der Waals surface area (Å²) in [5, 5.41) is 0. The van der Waals surface area contributed by atoms with Gasteiger partial charge in [-0.2, -0.15) is 0 Å². The summed E-state index contributed by atoms with van der Waals surface area (Å²) in [6.45, 7) is 1.43. The molecule has 0 atom stereocenters. The molecule has 0 aromatic heterocycles. The molecule has 3 nitrogen and oxygen atoms in total. The van der Waals surface area contributed by atoms with E-state index in [0.717, 1.165) is 29.9 Å². The van der Waals surface area contributed by atoms with E-state index in [1.54, 1.807) is 12.1 Å². The smallest absolute Gasteiger partial charge is 0.231 e. The third-order valence-electron chi connectivity index (χ3n) is 4.47. The van der Waals surface area contributed by atoms with Crippen LogP contribution in [-0.4, -0.2) is 13.4 Å². The van der Waals surface area contributed by atoms with Crippen molar-refractivity contribution in [2.75, 3.05) is 13.4 Å². The summed E-state index contributed by atoms with van der Waals surface area (Å²) < 4.78 is 30.4. The first-order valence-corrected chi connectivity index (χ1v) is 8.37. The minimum atomic E-state index is -0.257. The van der Waals surface area contributed by atoms with Crippen molar-refractivity contribution in [3.05, 3.63) is 57.8 Å². The average Bonchev–Trinajstić information content (AvgIpc) is 3.19. The number of hydrogen-bond donors (Lipinski definition) is 0. The Morgan fingerprint density at radius 2 is 1.91 bits per heavy atom. The number of benzene rings is 2. The molecule has 0 N–H and O–H groups in total. The van der Waals surface area contributed by atoms with Gasteiger partial charge in [-0.25, -0.2) is 4.39 Å². The summed E-state index contributed by atoms with van der Waals surface area (Å²) in [6, 6.07) is 11.1. The molecule has 0 bridgehead atoms. The highest BCUT2D eigenvalue weighted by atomic mass is 79.9. The van der Waals surface area contributed by atoms with Crippen LogP contribution in [0.2, 0.25) is 0 Å². The number of ether oxygens (including phenoxy) is 3. The largest absolute Gasteiger partial charge is 0.454 e. The van der Waals surface area contributed by atoms with Crippen molar-refractivity contribution in [2.24, 2.45) is 0 Å². The van der Waals surface area contributed by atoms with Crippen molar-refractivity contribution in [2.45, 2.75) is 24.9 Å². The van der Waals surface area contributed by atoms with Crippen LogP contribution < -0.4 is 9.47 Å². The van der Waals surface area contributed by atoms with E-state index in [4.69, 9.17) is 14.2 Å². The lowest BCUT2D eigenvalue weighted by Crippen LogP contribution is -2.15. The predicted octanol–water partition coefficient (Wildman–Crippen LogP) is 4.57. The number of rotatable bonds is 5. The Labute approximate surface area is 142 Å². The van der Waals surface area contributed by atoms with Crippen LogP contribution in [0.15, 0.2) is 40.9 Å². The SMILES string of the molecule is Fc1ccc(COCC2(c3ccc4c(c3)OCO4)CC2)cc1Br. The van der Waals surface area contributed by atoms with Crippen LogP contribution in [-0.2, 0) is 16.8 Å². The van der Waals surface area contributed by atoms with Crippen molar-refractivity contribution in [1.29, 1.82) is 0 Å². The maximum atomic E-state index is 13.2. The standard InChI is InChI=1S/C18H16BrFO3/c19-14-7-12(1-3-15(14)20)9-21-10-18(5-6-18)13-2-4-16-17(8-13)23-11-22-16/h1-4,7-8H,5-6,9-11H2. The molecule has 2 aromatic rings. The van der Waals surface area contributed by atoms with E-state index >= 15 is 0 Å². The molecule has 4 rings (SSSR count). The lowest BCUT2D eigenvalue weighted by atomic mass is 9.96. The molecule has 1 saturated carbocycles. The van der Waals surface area contributed by atoms with Crippen LogP contribution >= 0.6 is 15.9 Å². The molecule has 1 aliphatic heterocycles. The Morgan fingerprint density at radius 3 is 2.70 bits per heavy atom. The molecule has 0 unspecified atom stereocenters. The topological polar surface area (TPSA) is 27.7 Å². The van der Waals surface area contributed by atoms with Gasteiger partial charge in [0.05, 0.1) is 17.7 Å². The second kappa shape index (κ2) is 5.80. The third-order valence-corrected chi connectivity index (χ3v) is 5.08. The van der Waals surface area contributed by atoms with Gasteiger partial charge in [0.15, 0.2) is 11.5 Å². The van der Waals surface area contributed by atoms with Gasteiger partial charge in [-0.1, -0.05) is 12.1 Å². The minimum absolute atomic E-state index is 0.0816. The van der Waals surface area contributed by atoms with Gasteiger partial charge in [0.1, 0.15) is 5.82 Å². The van der Waals surface area contributed by atoms with E-state index < -0.39 is 0 Å². The Kier molecular flexibility index (Phi) is 3.77. The molecule has 5 heteroatoms. The molecule has 0 radical (unpaired) electrons. The first kappa shape index (κ1) is 15.0. The maximum absolute atomic E-state index is 13.2. The van der Waals surface area contributed by atoms with Crippen molar-refractivity contribution in [3.8, 4) is 11.5 Å². The maximum Gasteiger partial charge on any atom is 0.231 e. The van der Waals surface area contributed by atoms with Crippen LogP contribution in [0.3, 0.4) is 0 Å². The fraction of sp³-hybridized carbons (Fsp3) is 0.333. The lowest BCUT2D eigenvalue weighted by molar-refractivity contribution is 0.100. The van der Waals surface area contributed by atoms with E-state index in [1.165, 1.54) is 11.6 Å². The Hall–Kier alpha value is -1.59. The van der Waals surface area contributed by atoms with Gasteiger partial charge in [-0.05, 0) is 64.2 Å². The summed E-state index contributed by atoms with van der Waals surface area (Å²) >= 11 is 3.20. The molecule has 120 valence electrons. The summed E-state index contributed by atoms with van der Waals surface area (Å²) in [4.78, 5) is 0. The van der Waals surface area contributed by atoms with Gasteiger partial charge in [-0.3, -0.25) is 0 Å². The molecular formula is C18H16BrFO3. The highest BCUT2D eigenvalue weighted by molar-refractivity contribution is 9.10.